The van der Waals surface area contributed by atoms with Crippen molar-refractivity contribution in [2.75, 3.05) is 23.7 Å². The maximum Gasteiger partial charge on any atom is 0.273 e. The molecule has 2 heterocycles. The van der Waals surface area contributed by atoms with Gasteiger partial charge in [-0.05, 0) is 24.6 Å². The highest BCUT2D eigenvalue weighted by molar-refractivity contribution is 6.13. The predicted octanol–water partition coefficient (Wildman–Crippen LogP) is 1.87. The Morgan fingerprint density at radius 3 is 2.85 bits per heavy atom. The molecule has 132 valence electrons. The van der Waals surface area contributed by atoms with Crippen molar-refractivity contribution in [1.29, 1.82) is 0 Å². The molecule has 2 aromatic rings. The monoisotopic (exact) mass is 349 g/mol. The summed E-state index contributed by atoms with van der Waals surface area (Å²) in [5.74, 6) is -0.315. The zero-order chi connectivity index (χ0) is 18.4. The average molecular weight is 349 g/mol. The number of amides is 2. The number of carbonyl (C=O) groups excluding carboxylic acids is 2. The number of benzene rings is 1. The zero-order valence-electron chi connectivity index (χ0n) is 14.3. The standard InChI is InChI=1S/C19H19N5O2/c1-13-4-6-14(7-5-13)12-20-9-10-21-17(25)11-16-19(26)24-18-15(23-16)3-2-8-22-18/h2-8,11-12,23H,9-10H2,1H3,(H,21,25)(H,22,24,26)/b16-11+,20-12?. The van der Waals surface area contributed by atoms with E-state index in [1.54, 1.807) is 24.5 Å². The van der Waals surface area contributed by atoms with Crippen LogP contribution in [0.25, 0.3) is 0 Å². The molecule has 1 aromatic heterocycles. The summed E-state index contributed by atoms with van der Waals surface area (Å²) in [6.07, 6.45) is 4.58. The Bertz CT molecular complexity index is 872. The maximum atomic E-state index is 12.0. The maximum absolute atomic E-state index is 12.0. The van der Waals surface area contributed by atoms with Crippen molar-refractivity contribution in [1.82, 2.24) is 10.3 Å². The van der Waals surface area contributed by atoms with Gasteiger partial charge < -0.3 is 16.0 Å². The second-order valence-electron chi connectivity index (χ2n) is 5.77. The van der Waals surface area contributed by atoms with Gasteiger partial charge in [0.1, 0.15) is 5.70 Å². The Hall–Kier alpha value is -3.48. The van der Waals surface area contributed by atoms with Crippen LogP contribution in [-0.4, -0.2) is 36.1 Å². The van der Waals surface area contributed by atoms with Crippen LogP contribution in [0.5, 0.6) is 0 Å². The van der Waals surface area contributed by atoms with Gasteiger partial charge in [0.25, 0.3) is 5.91 Å². The summed E-state index contributed by atoms with van der Waals surface area (Å²) in [4.78, 5) is 32.2. The molecule has 0 spiro atoms. The molecule has 1 aliphatic heterocycles. The third kappa shape index (κ3) is 4.54. The highest BCUT2D eigenvalue weighted by Crippen LogP contribution is 2.24. The molecule has 7 heteroatoms. The van der Waals surface area contributed by atoms with E-state index < -0.39 is 5.91 Å². The predicted molar refractivity (Wildman–Crippen MR) is 101 cm³/mol. The van der Waals surface area contributed by atoms with Crippen LogP contribution >= 0.6 is 0 Å². The molecule has 0 bridgehead atoms. The van der Waals surface area contributed by atoms with E-state index >= 15 is 0 Å². The highest BCUT2D eigenvalue weighted by Gasteiger charge is 2.20. The molecule has 0 fully saturated rings. The molecule has 0 saturated heterocycles. The molecule has 0 aliphatic carbocycles. The van der Waals surface area contributed by atoms with E-state index in [0.29, 0.717) is 24.6 Å². The number of nitrogens with one attached hydrogen (secondary N) is 3. The summed E-state index contributed by atoms with van der Waals surface area (Å²) in [6.45, 7) is 2.86. The van der Waals surface area contributed by atoms with Gasteiger partial charge in [-0.15, -0.1) is 0 Å². The normalized spacial score (nSPS) is 14.7. The number of carbonyl (C=O) groups is 2. The van der Waals surface area contributed by atoms with Crippen LogP contribution < -0.4 is 16.0 Å². The number of aromatic nitrogens is 1. The minimum Gasteiger partial charge on any atom is -0.351 e. The molecule has 0 atom stereocenters. The molecule has 3 rings (SSSR count). The second-order valence-corrected chi connectivity index (χ2v) is 5.77. The van der Waals surface area contributed by atoms with Crippen molar-refractivity contribution in [3.05, 3.63) is 65.5 Å². The summed E-state index contributed by atoms with van der Waals surface area (Å²) >= 11 is 0. The SMILES string of the molecule is Cc1ccc(C=NCCNC(=O)/C=C2/Nc3cccnc3NC2=O)cc1. The van der Waals surface area contributed by atoms with Crippen molar-refractivity contribution in [3.8, 4) is 0 Å². The molecule has 3 N–H and O–H groups in total. The fourth-order valence-electron chi connectivity index (χ4n) is 2.33. The minimum absolute atomic E-state index is 0.172. The van der Waals surface area contributed by atoms with E-state index in [-0.39, 0.29) is 11.6 Å². The van der Waals surface area contributed by atoms with Crippen molar-refractivity contribution in [2.24, 2.45) is 4.99 Å². The zero-order valence-corrected chi connectivity index (χ0v) is 14.3. The number of aryl methyl sites for hydroxylation is 1. The molecule has 1 aromatic carbocycles. The average Bonchev–Trinajstić information content (AvgIpc) is 2.63. The van der Waals surface area contributed by atoms with Gasteiger partial charge in [0.15, 0.2) is 5.82 Å². The summed E-state index contributed by atoms with van der Waals surface area (Å²) in [5, 5.41) is 8.24. The number of anilines is 2. The molecule has 7 nitrogen and oxygen atoms in total. The summed E-state index contributed by atoms with van der Waals surface area (Å²) in [5.41, 5.74) is 3.03. The Labute approximate surface area is 151 Å². The third-order valence-electron chi connectivity index (χ3n) is 3.69. The van der Waals surface area contributed by atoms with Gasteiger partial charge in [0.05, 0.1) is 12.2 Å². The first kappa shape index (κ1) is 17.3. The van der Waals surface area contributed by atoms with E-state index in [0.717, 1.165) is 5.56 Å². The number of pyridine rings is 1. The van der Waals surface area contributed by atoms with E-state index in [2.05, 4.69) is 25.9 Å². The van der Waals surface area contributed by atoms with E-state index in [1.165, 1.54) is 11.6 Å². The largest absolute Gasteiger partial charge is 0.351 e. The van der Waals surface area contributed by atoms with Crippen LogP contribution in [0.1, 0.15) is 11.1 Å². The van der Waals surface area contributed by atoms with Crippen molar-refractivity contribution in [2.45, 2.75) is 6.92 Å². The lowest BCUT2D eigenvalue weighted by Gasteiger charge is -2.19. The van der Waals surface area contributed by atoms with Gasteiger partial charge in [-0.25, -0.2) is 4.98 Å². The number of hydrogen-bond donors (Lipinski definition) is 3. The lowest BCUT2D eigenvalue weighted by molar-refractivity contribution is -0.117. The van der Waals surface area contributed by atoms with Gasteiger partial charge in [-0.1, -0.05) is 29.8 Å². The van der Waals surface area contributed by atoms with Crippen LogP contribution in [0.2, 0.25) is 0 Å². The summed E-state index contributed by atoms with van der Waals surface area (Å²) < 4.78 is 0. The van der Waals surface area contributed by atoms with Crippen LogP contribution in [0.15, 0.2) is 59.4 Å². The number of aliphatic imine (C=N–C) groups is 1. The number of rotatable bonds is 5. The Balaban J connectivity index is 1.49. The fourth-order valence-corrected chi connectivity index (χ4v) is 2.33. The number of hydrogen-bond acceptors (Lipinski definition) is 5. The van der Waals surface area contributed by atoms with Crippen LogP contribution in [0, 0.1) is 6.92 Å². The smallest absolute Gasteiger partial charge is 0.273 e. The molecule has 0 unspecified atom stereocenters. The number of fused-ring (bicyclic) bond motifs is 1. The first-order valence-corrected chi connectivity index (χ1v) is 8.21. The van der Waals surface area contributed by atoms with E-state index in [9.17, 15) is 9.59 Å². The fraction of sp³-hybridized carbons (Fsp3) is 0.158. The van der Waals surface area contributed by atoms with E-state index in [4.69, 9.17) is 0 Å². The number of nitrogens with zero attached hydrogens (tertiary/aromatic N) is 2. The van der Waals surface area contributed by atoms with Gasteiger partial charge >= 0.3 is 0 Å². The lowest BCUT2D eigenvalue weighted by Crippen LogP contribution is -2.30. The van der Waals surface area contributed by atoms with Gasteiger partial charge in [-0.2, -0.15) is 0 Å². The minimum atomic E-state index is -0.399. The van der Waals surface area contributed by atoms with Crippen LogP contribution in [0.3, 0.4) is 0 Å². The van der Waals surface area contributed by atoms with Gasteiger partial charge in [0, 0.05) is 25.0 Å². The van der Waals surface area contributed by atoms with Crippen molar-refractivity contribution < 1.29 is 9.59 Å². The van der Waals surface area contributed by atoms with Crippen molar-refractivity contribution in [3.63, 3.8) is 0 Å². The molecule has 1 aliphatic rings. The molecule has 0 saturated carbocycles. The first-order valence-electron chi connectivity index (χ1n) is 8.21. The van der Waals surface area contributed by atoms with E-state index in [1.807, 2.05) is 31.2 Å². The molecular weight excluding hydrogens is 330 g/mol. The topological polar surface area (TPSA) is 95.5 Å². The molecule has 26 heavy (non-hydrogen) atoms. The second kappa shape index (κ2) is 8.06. The van der Waals surface area contributed by atoms with Gasteiger partial charge in [0.2, 0.25) is 5.91 Å². The van der Waals surface area contributed by atoms with Gasteiger partial charge in [-0.3, -0.25) is 14.6 Å². The quantitative estimate of drug-likeness (QED) is 0.436. The first-order chi connectivity index (χ1) is 12.6. The summed E-state index contributed by atoms with van der Waals surface area (Å²) in [6, 6.07) is 11.5. The molecule has 2 amide bonds. The highest BCUT2D eigenvalue weighted by atomic mass is 16.2. The Morgan fingerprint density at radius 1 is 1.23 bits per heavy atom. The van der Waals surface area contributed by atoms with Crippen molar-refractivity contribution >= 4 is 29.5 Å². The molecule has 0 radical (unpaired) electrons. The lowest BCUT2D eigenvalue weighted by atomic mass is 10.2. The Morgan fingerprint density at radius 2 is 2.04 bits per heavy atom. The molecular formula is C19H19N5O2. The van der Waals surface area contributed by atoms with Crippen LogP contribution in [0.4, 0.5) is 11.5 Å². The summed E-state index contributed by atoms with van der Waals surface area (Å²) in [7, 11) is 0. The third-order valence-corrected chi connectivity index (χ3v) is 3.69. The van der Waals surface area contributed by atoms with Crippen LogP contribution in [-0.2, 0) is 9.59 Å². The Kier molecular flexibility index (Phi) is 5.38.